The highest BCUT2D eigenvalue weighted by molar-refractivity contribution is 5.81. The molecule has 0 spiro atoms. The number of hydrogen-bond donors (Lipinski definition) is 1. The van der Waals surface area contributed by atoms with Crippen molar-refractivity contribution in [2.45, 2.75) is 45.3 Å². The van der Waals surface area contributed by atoms with Gasteiger partial charge in [0, 0.05) is 13.2 Å². The van der Waals surface area contributed by atoms with Crippen molar-refractivity contribution in [3.05, 3.63) is 0 Å². The highest BCUT2D eigenvalue weighted by Gasteiger charge is 2.23. The van der Waals surface area contributed by atoms with Crippen LogP contribution in [0.5, 0.6) is 0 Å². The van der Waals surface area contributed by atoms with E-state index in [0.717, 1.165) is 12.8 Å². The molecule has 0 bridgehead atoms. The van der Waals surface area contributed by atoms with Gasteiger partial charge in [0.15, 0.2) is 0 Å². The lowest BCUT2D eigenvalue weighted by Gasteiger charge is -2.11. The van der Waals surface area contributed by atoms with Crippen LogP contribution in [0.3, 0.4) is 0 Å². The molecule has 1 N–H and O–H groups in total. The van der Waals surface area contributed by atoms with E-state index >= 15 is 0 Å². The smallest absolute Gasteiger partial charge is 0.307 e. The van der Waals surface area contributed by atoms with E-state index in [1.807, 2.05) is 0 Å². The lowest BCUT2D eigenvalue weighted by Crippen LogP contribution is -2.35. The SMILES string of the molecule is CC(C)OC(=O)CCNC(=O)C1CCCO1. The first-order valence-corrected chi connectivity index (χ1v) is 5.68. The molecule has 1 heterocycles. The number of ether oxygens (including phenoxy) is 2. The third-order valence-electron chi connectivity index (χ3n) is 2.22. The van der Waals surface area contributed by atoms with Crippen LogP contribution >= 0.6 is 0 Å². The minimum Gasteiger partial charge on any atom is -0.463 e. The lowest BCUT2D eigenvalue weighted by atomic mass is 10.2. The Morgan fingerprint density at radius 1 is 1.50 bits per heavy atom. The topological polar surface area (TPSA) is 64.6 Å². The van der Waals surface area contributed by atoms with Gasteiger partial charge < -0.3 is 14.8 Å². The van der Waals surface area contributed by atoms with Crippen LogP contribution in [0.25, 0.3) is 0 Å². The average Bonchev–Trinajstić information content (AvgIpc) is 2.68. The van der Waals surface area contributed by atoms with Gasteiger partial charge in [0.1, 0.15) is 6.10 Å². The lowest BCUT2D eigenvalue weighted by molar-refractivity contribution is -0.147. The van der Waals surface area contributed by atoms with Gasteiger partial charge in [-0.15, -0.1) is 0 Å². The van der Waals surface area contributed by atoms with E-state index in [0.29, 0.717) is 13.2 Å². The molecule has 5 heteroatoms. The molecule has 16 heavy (non-hydrogen) atoms. The van der Waals surface area contributed by atoms with E-state index in [1.165, 1.54) is 0 Å². The maximum atomic E-state index is 11.5. The molecule has 0 radical (unpaired) electrons. The monoisotopic (exact) mass is 229 g/mol. The molecule has 5 nitrogen and oxygen atoms in total. The average molecular weight is 229 g/mol. The van der Waals surface area contributed by atoms with Crippen molar-refractivity contribution in [2.75, 3.05) is 13.2 Å². The number of nitrogens with one attached hydrogen (secondary N) is 1. The molecule has 1 fully saturated rings. The van der Waals surface area contributed by atoms with Gasteiger partial charge in [-0.25, -0.2) is 0 Å². The van der Waals surface area contributed by atoms with E-state index < -0.39 is 0 Å². The second-order valence-electron chi connectivity index (χ2n) is 4.08. The quantitative estimate of drug-likeness (QED) is 0.702. The van der Waals surface area contributed by atoms with Gasteiger partial charge in [0.05, 0.1) is 12.5 Å². The minimum atomic E-state index is -0.332. The van der Waals surface area contributed by atoms with Crippen LogP contribution in [0.15, 0.2) is 0 Å². The second kappa shape index (κ2) is 6.48. The zero-order chi connectivity index (χ0) is 12.0. The summed E-state index contributed by atoms with van der Waals surface area (Å²) < 4.78 is 10.1. The highest BCUT2D eigenvalue weighted by Crippen LogP contribution is 2.11. The summed E-state index contributed by atoms with van der Waals surface area (Å²) in [4.78, 5) is 22.6. The summed E-state index contributed by atoms with van der Waals surface area (Å²) in [6.07, 6.45) is 1.45. The Kier molecular flexibility index (Phi) is 5.25. The van der Waals surface area contributed by atoms with Gasteiger partial charge in [-0.05, 0) is 26.7 Å². The summed E-state index contributed by atoms with van der Waals surface area (Å²) in [5, 5.41) is 2.66. The first-order chi connectivity index (χ1) is 7.59. The normalized spacial score (nSPS) is 19.8. The Morgan fingerprint density at radius 3 is 2.81 bits per heavy atom. The third kappa shape index (κ3) is 4.61. The largest absolute Gasteiger partial charge is 0.463 e. The summed E-state index contributed by atoms with van der Waals surface area (Å²) in [5.74, 6) is -0.419. The Hall–Kier alpha value is -1.10. The molecule has 92 valence electrons. The number of hydrogen-bond acceptors (Lipinski definition) is 4. The summed E-state index contributed by atoms with van der Waals surface area (Å²) in [5.41, 5.74) is 0. The zero-order valence-electron chi connectivity index (χ0n) is 9.82. The Labute approximate surface area is 95.5 Å². The van der Waals surface area contributed by atoms with Gasteiger partial charge in [-0.2, -0.15) is 0 Å². The van der Waals surface area contributed by atoms with E-state index in [1.54, 1.807) is 13.8 Å². The molecule has 0 aromatic rings. The van der Waals surface area contributed by atoms with Crippen LogP contribution in [0, 0.1) is 0 Å². The highest BCUT2D eigenvalue weighted by atomic mass is 16.5. The van der Waals surface area contributed by atoms with Gasteiger partial charge in [0.25, 0.3) is 0 Å². The molecule has 1 aliphatic rings. The number of carbonyl (C=O) groups is 2. The van der Waals surface area contributed by atoms with Crippen LogP contribution in [0.2, 0.25) is 0 Å². The molecule has 0 aromatic heterocycles. The van der Waals surface area contributed by atoms with Crippen LogP contribution < -0.4 is 5.32 Å². The fourth-order valence-electron chi connectivity index (χ4n) is 1.51. The standard InChI is InChI=1S/C11H19NO4/c1-8(2)16-10(13)5-6-12-11(14)9-4-3-7-15-9/h8-9H,3-7H2,1-2H3,(H,12,14). The predicted molar refractivity (Wildman–Crippen MR) is 57.8 cm³/mol. The van der Waals surface area contributed by atoms with Gasteiger partial charge in [-0.3, -0.25) is 9.59 Å². The first-order valence-electron chi connectivity index (χ1n) is 5.68. The fourth-order valence-corrected chi connectivity index (χ4v) is 1.51. The summed E-state index contributed by atoms with van der Waals surface area (Å²) >= 11 is 0. The van der Waals surface area contributed by atoms with Crippen molar-refractivity contribution in [3.8, 4) is 0 Å². The molecule has 1 amide bonds. The Balaban J connectivity index is 2.10. The Morgan fingerprint density at radius 2 is 2.25 bits per heavy atom. The number of amides is 1. The van der Waals surface area contributed by atoms with E-state index in [9.17, 15) is 9.59 Å². The molecule has 1 saturated heterocycles. The molecule has 1 unspecified atom stereocenters. The number of esters is 1. The van der Waals surface area contributed by atoms with E-state index in [2.05, 4.69) is 5.32 Å². The second-order valence-corrected chi connectivity index (χ2v) is 4.08. The molecule has 1 aliphatic heterocycles. The van der Waals surface area contributed by atoms with Crippen LogP contribution in [0.4, 0.5) is 0 Å². The van der Waals surface area contributed by atoms with Crippen molar-refractivity contribution in [1.29, 1.82) is 0 Å². The maximum Gasteiger partial charge on any atom is 0.307 e. The van der Waals surface area contributed by atoms with Crippen molar-refractivity contribution in [2.24, 2.45) is 0 Å². The van der Waals surface area contributed by atoms with Gasteiger partial charge >= 0.3 is 5.97 Å². The van der Waals surface area contributed by atoms with E-state index in [4.69, 9.17) is 9.47 Å². The molecule has 0 aliphatic carbocycles. The van der Waals surface area contributed by atoms with Crippen LogP contribution in [0.1, 0.15) is 33.1 Å². The van der Waals surface area contributed by atoms with Gasteiger partial charge in [-0.1, -0.05) is 0 Å². The van der Waals surface area contributed by atoms with Crippen LogP contribution in [-0.2, 0) is 19.1 Å². The van der Waals surface area contributed by atoms with Crippen molar-refractivity contribution in [1.82, 2.24) is 5.32 Å². The molecular formula is C11H19NO4. The summed E-state index contributed by atoms with van der Waals surface area (Å²) in [6.45, 7) is 4.55. The molecule has 1 atom stereocenters. The summed E-state index contributed by atoms with van der Waals surface area (Å²) in [6, 6.07) is 0. The predicted octanol–water partition coefficient (Wildman–Crippen LogP) is 0.623. The maximum absolute atomic E-state index is 11.5. The third-order valence-corrected chi connectivity index (χ3v) is 2.22. The zero-order valence-corrected chi connectivity index (χ0v) is 9.82. The van der Waals surface area contributed by atoms with Crippen molar-refractivity contribution < 1.29 is 19.1 Å². The molecular weight excluding hydrogens is 210 g/mol. The van der Waals surface area contributed by atoms with Gasteiger partial charge in [0.2, 0.25) is 5.91 Å². The fraction of sp³-hybridized carbons (Fsp3) is 0.818. The number of rotatable bonds is 5. The Bertz CT molecular complexity index is 246. The molecule has 0 aromatic carbocycles. The van der Waals surface area contributed by atoms with Crippen LogP contribution in [-0.4, -0.2) is 37.2 Å². The van der Waals surface area contributed by atoms with E-state index in [-0.39, 0.29) is 30.5 Å². The van der Waals surface area contributed by atoms with Crippen molar-refractivity contribution in [3.63, 3.8) is 0 Å². The molecule has 1 rings (SSSR count). The molecule has 0 saturated carbocycles. The first kappa shape index (κ1) is 13.0. The van der Waals surface area contributed by atoms with Crippen molar-refractivity contribution >= 4 is 11.9 Å². The minimum absolute atomic E-state index is 0.110. The number of carbonyl (C=O) groups excluding carboxylic acids is 2. The summed E-state index contributed by atoms with van der Waals surface area (Å²) in [7, 11) is 0.